The fraction of sp³-hybridized carbons (Fsp3) is 0.217. The molecular formula is C23H22N2O7. The van der Waals surface area contributed by atoms with E-state index >= 15 is 0 Å². The van der Waals surface area contributed by atoms with Gasteiger partial charge in [-0.15, -0.1) is 0 Å². The lowest BCUT2D eigenvalue weighted by Gasteiger charge is -2.26. The van der Waals surface area contributed by atoms with Crippen molar-refractivity contribution < 1.29 is 33.8 Å². The second kappa shape index (κ2) is 9.78. The van der Waals surface area contributed by atoms with Crippen molar-refractivity contribution in [3.63, 3.8) is 0 Å². The third-order valence-electron chi connectivity index (χ3n) is 4.99. The van der Waals surface area contributed by atoms with Crippen molar-refractivity contribution in [1.82, 2.24) is 4.90 Å². The van der Waals surface area contributed by atoms with Crippen LogP contribution in [-0.4, -0.2) is 54.0 Å². The molecule has 0 unspecified atom stereocenters. The quantitative estimate of drug-likeness (QED) is 0.495. The number of hydrogen-bond donors (Lipinski definition) is 1. The molecule has 1 N–H and O–H groups in total. The molecule has 3 amide bonds. The zero-order chi connectivity index (χ0) is 23.3. The van der Waals surface area contributed by atoms with E-state index in [2.05, 4.69) is 0 Å². The van der Waals surface area contributed by atoms with Gasteiger partial charge in [0.15, 0.2) is 0 Å². The molecule has 0 aromatic heterocycles. The fourth-order valence-corrected chi connectivity index (χ4v) is 3.37. The van der Waals surface area contributed by atoms with Gasteiger partial charge in [-0.1, -0.05) is 12.1 Å². The van der Waals surface area contributed by atoms with Crippen LogP contribution in [0.4, 0.5) is 5.69 Å². The Balaban J connectivity index is 1.90. The second-order valence-electron chi connectivity index (χ2n) is 6.97. The highest BCUT2D eigenvalue weighted by Crippen LogP contribution is 2.28. The molecule has 1 fully saturated rings. The van der Waals surface area contributed by atoms with E-state index in [0.29, 0.717) is 28.8 Å². The molecule has 9 heteroatoms. The Morgan fingerprint density at radius 2 is 1.56 bits per heavy atom. The van der Waals surface area contributed by atoms with Crippen molar-refractivity contribution in [2.24, 2.45) is 0 Å². The number of methoxy groups -OCH3 is 2. The highest BCUT2D eigenvalue weighted by Gasteiger charge is 2.44. The van der Waals surface area contributed by atoms with Crippen LogP contribution in [0.2, 0.25) is 0 Å². The first-order valence-corrected chi connectivity index (χ1v) is 9.69. The molecule has 3 rings (SSSR count). The minimum atomic E-state index is -1.29. The average Bonchev–Trinajstić information content (AvgIpc) is 3.09. The van der Waals surface area contributed by atoms with Gasteiger partial charge in [-0.3, -0.25) is 14.4 Å². The number of ether oxygens (including phenoxy) is 2. The maximum atomic E-state index is 13.2. The van der Waals surface area contributed by atoms with Gasteiger partial charge in [-0.25, -0.2) is 9.69 Å². The number of carboxylic acid groups (broad SMARTS) is 1. The van der Waals surface area contributed by atoms with Crippen LogP contribution in [0, 0.1) is 0 Å². The summed E-state index contributed by atoms with van der Waals surface area (Å²) in [6.07, 6.45) is 1.36. The monoisotopic (exact) mass is 438 g/mol. The highest BCUT2D eigenvalue weighted by molar-refractivity contribution is 6.23. The van der Waals surface area contributed by atoms with Crippen LogP contribution in [0.25, 0.3) is 0 Å². The molecule has 166 valence electrons. The number of carboxylic acids is 1. The second-order valence-corrected chi connectivity index (χ2v) is 6.97. The van der Waals surface area contributed by atoms with Crippen LogP contribution in [0.1, 0.15) is 12.0 Å². The lowest BCUT2D eigenvalue weighted by molar-refractivity contribution is -0.135. The van der Waals surface area contributed by atoms with E-state index in [1.165, 1.54) is 19.1 Å². The first-order chi connectivity index (χ1) is 15.3. The van der Waals surface area contributed by atoms with Gasteiger partial charge in [0, 0.05) is 18.7 Å². The van der Waals surface area contributed by atoms with Crippen LogP contribution in [0.5, 0.6) is 11.5 Å². The van der Waals surface area contributed by atoms with E-state index in [0.717, 1.165) is 11.0 Å². The van der Waals surface area contributed by atoms with Crippen LogP contribution < -0.4 is 14.4 Å². The van der Waals surface area contributed by atoms with Gasteiger partial charge in [-0.05, 0) is 42.0 Å². The molecule has 0 aliphatic carbocycles. The predicted octanol–water partition coefficient (Wildman–Crippen LogP) is 2.01. The summed E-state index contributed by atoms with van der Waals surface area (Å²) >= 11 is 0. The summed E-state index contributed by atoms with van der Waals surface area (Å²) < 4.78 is 10.2. The van der Waals surface area contributed by atoms with Crippen LogP contribution >= 0.6 is 0 Å². The van der Waals surface area contributed by atoms with Crippen molar-refractivity contribution in [3.8, 4) is 11.5 Å². The van der Waals surface area contributed by atoms with Gasteiger partial charge in [0.2, 0.25) is 11.8 Å². The van der Waals surface area contributed by atoms with Crippen molar-refractivity contribution in [2.45, 2.75) is 19.0 Å². The molecule has 1 aliphatic rings. The molecule has 1 heterocycles. The number of carbonyl (C=O) groups is 4. The Labute approximate surface area is 184 Å². The van der Waals surface area contributed by atoms with Gasteiger partial charge in [0.1, 0.15) is 17.5 Å². The van der Waals surface area contributed by atoms with Gasteiger partial charge in [-0.2, -0.15) is 0 Å². The van der Waals surface area contributed by atoms with Crippen molar-refractivity contribution in [1.29, 1.82) is 0 Å². The van der Waals surface area contributed by atoms with Crippen LogP contribution in [0.15, 0.2) is 60.7 Å². The predicted molar refractivity (Wildman–Crippen MR) is 114 cm³/mol. The first-order valence-electron chi connectivity index (χ1n) is 9.69. The Bertz CT molecular complexity index is 1050. The topological polar surface area (TPSA) is 113 Å². The summed E-state index contributed by atoms with van der Waals surface area (Å²) in [5.74, 6) is -1.82. The normalized spacial score (nSPS) is 15.8. The summed E-state index contributed by atoms with van der Waals surface area (Å²) in [5.41, 5.74) is 1.05. The Morgan fingerprint density at radius 3 is 2.09 bits per heavy atom. The van der Waals surface area contributed by atoms with E-state index in [1.54, 1.807) is 48.5 Å². The molecule has 0 bridgehead atoms. The van der Waals surface area contributed by atoms with Crippen molar-refractivity contribution in [3.05, 3.63) is 66.2 Å². The van der Waals surface area contributed by atoms with Gasteiger partial charge >= 0.3 is 5.97 Å². The number of amides is 3. The molecule has 0 radical (unpaired) electrons. The average molecular weight is 438 g/mol. The number of imide groups is 1. The molecule has 1 saturated heterocycles. The molecule has 9 nitrogen and oxygen atoms in total. The van der Waals surface area contributed by atoms with E-state index in [-0.39, 0.29) is 13.0 Å². The minimum absolute atomic E-state index is 0.00687. The molecule has 1 atom stereocenters. The van der Waals surface area contributed by atoms with Gasteiger partial charge in [0.05, 0.1) is 26.3 Å². The van der Waals surface area contributed by atoms with E-state index in [4.69, 9.17) is 14.6 Å². The molecule has 2 aromatic rings. The van der Waals surface area contributed by atoms with E-state index in [1.807, 2.05) is 0 Å². The number of rotatable bonds is 8. The minimum Gasteiger partial charge on any atom is -0.497 e. The largest absolute Gasteiger partial charge is 0.497 e. The molecule has 2 aromatic carbocycles. The highest BCUT2D eigenvalue weighted by atomic mass is 16.5. The third-order valence-corrected chi connectivity index (χ3v) is 4.99. The van der Waals surface area contributed by atoms with Gasteiger partial charge in [0.25, 0.3) is 5.91 Å². The zero-order valence-corrected chi connectivity index (χ0v) is 17.6. The summed E-state index contributed by atoms with van der Waals surface area (Å²) in [7, 11) is 3.03. The summed E-state index contributed by atoms with van der Waals surface area (Å²) in [5, 5.41) is 8.87. The number of benzene rings is 2. The number of carbonyl (C=O) groups excluding carboxylic acids is 3. The Kier molecular flexibility index (Phi) is 6.89. The lowest BCUT2D eigenvalue weighted by atomic mass is 10.1. The number of nitrogens with zero attached hydrogens (tertiary/aromatic N) is 2. The lowest BCUT2D eigenvalue weighted by Crippen LogP contribution is -2.44. The summed E-state index contributed by atoms with van der Waals surface area (Å²) in [6.45, 7) is 0.00687. The number of aliphatic carboxylic acids is 1. The Hall–Kier alpha value is -4.14. The van der Waals surface area contributed by atoms with Crippen LogP contribution in [-0.2, 0) is 25.7 Å². The smallest absolute Gasteiger partial charge is 0.328 e. The Morgan fingerprint density at radius 1 is 1.00 bits per heavy atom. The number of anilines is 1. The molecular weight excluding hydrogens is 416 g/mol. The standard InChI is InChI=1S/C23H22N2O7/c1-31-17-7-3-15(4-8-17)14-24(20(26)11-12-22(28)29)19-13-21(27)25(23(19)30)16-5-9-18(32-2)10-6-16/h3-12,19H,13-14H2,1-2H3,(H,28,29)/b12-11+/t19-/m1/s1. The molecule has 32 heavy (non-hydrogen) atoms. The fourth-order valence-electron chi connectivity index (χ4n) is 3.37. The molecule has 0 spiro atoms. The maximum Gasteiger partial charge on any atom is 0.328 e. The van der Waals surface area contributed by atoms with Crippen molar-refractivity contribution >= 4 is 29.4 Å². The molecule has 0 saturated carbocycles. The van der Waals surface area contributed by atoms with E-state index in [9.17, 15) is 19.2 Å². The van der Waals surface area contributed by atoms with E-state index < -0.39 is 29.7 Å². The van der Waals surface area contributed by atoms with Crippen LogP contribution in [0.3, 0.4) is 0 Å². The molecule has 1 aliphatic heterocycles. The SMILES string of the molecule is COc1ccc(CN(C(=O)/C=C/C(=O)O)[C@@H]2CC(=O)N(c3ccc(OC)cc3)C2=O)cc1. The zero-order valence-electron chi connectivity index (χ0n) is 17.6. The maximum absolute atomic E-state index is 13.2. The number of hydrogen-bond acceptors (Lipinski definition) is 6. The summed E-state index contributed by atoms with van der Waals surface area (Å²) in [4.78, 5) is 51.7. The summed E-state index contributed by atoms with van der Waals surface area (Å²) in [6, 6.07) is 12.2. The third kappa shape index (κ3) is 4.94. The first kappa shape index (κ1) is 22.5. The van der Waals surface area contributed by atoms with Crippen molar-refractivity contribution in [2.75, 3.05) is 19.1 Å². The van der Waals surface area contributed by atoms with Gasteiger partial charge < -0.3 is 19.5 Å².